The minimum Gasteiger partial charge on any atom is -0.359 e. The van der Waals surface area contributed by atoms with Gasteiger partial charge < -0.3 is 18.9 Å². The summed E-state index contributed by atoms with van der Waals surface area (Å²) in [4.78, 5) is 0. The van der Waals surface area contributed by atoms with Crippen LogP contribution in [0.1, 0.15) is 61.6 Å². The quantitative estimate of drug-likeness (QED) is 0.144. The highest BCUT2D eigenvalue weighted by Gasteiger charge is 2.46. The Labute approximate surface area is 217 Å². The van der Waals surface area contributed by atoms with Crippen molar-refractivity contribution in [2.45, 2.75) is 56.1 Å². The van der Waals surface area contributed by atoms with Gasteiger partial charge in [-0.2, -0.15) is 0 Å². The zero-order valence-electron chi connectivity index (χ0n) is 20.1. The molecule has 180 valence electrons. The maximum absolute atomic E-state index is 6.36. The van der Waals surface area contributed by atoms with E-state index in [1.807, 2.05) is 0 Å². The third-order valence-electron chi connectivity index (χ3n) is 6.41. The predicted octanol–water partition coefficient (Wildman–Crippen LogP) is 6.35. The molecular weight excluding hydrogens is 539 g/mol. The summed E-state index contributed by atoms with van der Waals surface area (Å²) in [5.41, 5.74) is 2.49. The van der Waals surface area contributed by atoms with Gasteiger partial charge in [-0.15, -0.1) is 12.3 Å². The molecule has 0 N–H and O–H groups in total. The van der Waals surface area contributed by atoms with Crippen LogP contribution in [0.15, 0.2) is 48.5 Å². The summed E-state index contributed by atoms with van der Waals surface area (Å²) in [7, 11) is 3.32. The molecule has 1 fully saturated rings. The van der Waals surface area contributed by atoms with E-state index in [1.165, 1.54) is 9.13 Å². The van der Waals surface area contributed by atoms with E-state index in [0.717, 1.165) is 56.1 Å². The molecule has 0 saturated heterocycles. The van der Waals surface area contributed by atoms with Gasteiger partial charge in [-0.1, -0.05) is 36.1 Å². The van der Waals surface area contributed by atoms with Crippen LogP contribution in [0.3, 0.4) is 0 Å². The summed E-state index contributed by atoms with van der Waals surface area (Å²) < 4.78 is 24.5. The molecule has 34 heavy (non-hydrogen) atoms. The van der Waals surface area contributed by atoms with Crippen LogP contribution in [0.5, 0.6) is 0 Å². The highest BCUT2D eigenvalue weighted by atomic mass is 127. The summed E-state index contributed by atoms with van der Waals surface area (Å²) in [6.07, 6.45) is 11.1. The number of halogens is 1. The van der Waals surface area contributed by atoms with E-state index in [-0.39, 0.29) is 13.6 Å². The number of benzene rings is 2. The number of rotatable bonds is 10. The zero-order valence-corrected chi connectivity index (χ0v) is 22.2. The Morgan fingerprint density at radius 1 is 0.794 bits per heavy atom. The van der Waals surface area contributed by atoms with Crippen molar-refractivity contribution >= 4 is 22.6 Å². The van der Waals surface area contributed by atoms with Gasteiger partial charge in [0.25, 0.3) is 0 Å². The third-order valence-corrected chi connectivity index (χ3v) is 7.13. The Balaban J connectivity index is 1.80. The van der Waals surface area contributed by atoms with Gasteiger partial charge in [0.2, 0.25) is 0 Å². The minimum atomic E-state index is -0.433. The van der Waals surface area contributed by atoms with Gasteiger partial charge >= 0.3 is 0 Å². The molecule has 2 aromatic carbocycles. The molecule has 5 heteroatoms. The SMILES string of the molecule is C#CCCCC#Cc1ccc(C2(OCOC)CCC(OCOC)(c3ccc(I)cc3)CC2)cc1. The first-order valence-electron chi connectivity index (χ1n) is 11.6. The van der Waals surface area contributed by atoms with Crippen molar-refractivity contribution in [2.24, 2.45) is 0 Å². The Kier molecular flexibility index (Phi) is 10.4. The monoisotopic (exact) mass is 572 g/mol. The maximum atomic E-state index is 6.36. The highest BCUT2D eigenvalue weighted by Crippen LogP contribution is 2.49. The van der Waals surface area contributed by atoms with Gasteiger partial charge in [0.1, 0.15) is 13.6 Å². The largest absolute Gasteiger partial charge is 0.359 e. The smallest absolute Gasteiger partial charge is 0.147 e. The molecule has 0 atom stereocenters. The van der Waals surface area contributed by atoms with Gasteiger partial charge in [-0.05, 0) is 90.1 Å². The van der Waals surface area contributed by atoms with E-state index < -0.39 is 11.2 Å². The second-order valence-corrected chi connectivity index (χ2v) is 9.78. The fourth-order valence-corrected chi connectivity index (χ4v) is 4.85. The van der Waals surface area contributed by atoms with E-state index >= 15 is 0 Å². The van der Waals surface area contributed by atoms with Gasteiger partial charge in [0, 0.05) is 36.2 Å². The van der Waals surface area contributed by atoms with Gasteiger partial charge in [-0.25, -0.2) is 0 Å². The van der Waals surface area contributed by atoms with Gasteiger partial charge in [0.15, 0.2) is 0 Å². The average molecular weight is 572 g/mol. The normalized spacial score (nSPS) is 21.9. The van der Waals surface area contributed by atoms with Crippen molar-refractivity contribution in [2.75, 3.05) is 27.8 Å². The molecule has 0 spiro atoms. The first-order valence-corrected chi connectivity index (χ1v) is 12.7. The molecule has 1 saturated carbocycles. The summed E-state index contributed by atoms with van der Waals surface area (Å²) in [5.74, 6) is 9.09. The van der Waals surface area contributed by atoms with Crippen LogP contribution >= 0.6 is 22.6 Å². The molecule has 4 nitrogen and oxygen atoms in total. The predicted molar refractivity (Wildman–Crippen MR) is 143 cm³/mol. The maximum Gasteiger partial charge on any atom is 0.147 e. The van der Waals surface area contributed by atoms with Crippen LogP contribution < -0.4 is 0 Å². The molecule has 0 unspecified atom stereocenters. The molecule has 0 radical (unpaired) electrons. The van der Waals surface area contributed by atoms with E-state index in [9.17, 15) is 0 Å². The Morgan fingerprint density at radius 2 is 1.29 bits per heavy atom. The van der Waals surface area contributed by atoms with Crippen LogP contribution in [-0.4, -0.2) is 27.8 Å². The second kappa shape index (κ2) is 13.3. The van der Waals surface area contributed by atoms with Gasteiger partial charge in [-0.3, -0.25) is 0 Å². The second-order valence-electron chi connectivity index (χ2n) is 8.53. The van der Waals surface area contributed by atoms with Crippen molar-refractivity contribution in [3.05, 3.63) is 68.8 Å². The molecule has 0 amide bonds. The van der Waals surface area contributed by atoms with Crippen molar-refractivity contribution in [3.63, 3.8) is 0 Å². The number of hydrogen-bond acceptors (Lipinski definition) is 4. The van der Waals surface area contributed by atoms with Crippen molar-refractivity contribution < 1.29 is 18.9 Å². The number of terminal acetylenes is 1. The van der Waals surface area contributed by atoms with E-state index in [4.69, 9.17) is 25.4 Å². The number of ether oxygens (including phenoxy) is 4. The lowest BCUT2D eigenvalue weighted by molar-refractivity contribution is -0.203. The number of hydrogen-bond donors (Lipinski definition) is 0. The average Bonchev–Trinajstić information content (AvgIpc) is 2.88. The first-order chi connectivity index (χ1) is 16.6. The highest BCUT2D eigenvalue weighted by molar-refractivity contribution is 14.1. The van der Waals surface area contributed by atoms with Crippen LogP contribution in [0.4, 0.5) is 0 Å². The Morgan fingerprint density at radius 3 is 1.76 bits per heavy atom. The zero-order chi connectivity index (χ0) is 24.3. The van der Waals surface area contributed by atoms with E-state index in [2.05, 4.69) is 88.9 Å². The van der Waals surface area contributed by atoms with Gasteiger partial charge in [0.05, 0.1) is 11.2 Å². The first kappa shape index (κ1) is 26.7. The molecule has 3 rings (SSSR count). The van der Waals surface area contributed by atoms with Crippen molar-refractivity contribution in [1.82, 2.24) is 0 Å². The number of unbranched alkanes of at least 4 members (excludes halogenated alkanes) is 2. The van der Waals surface area contributed by atoms with Crippen LogP contribution in [0, 0.1) is 27.8 Å². The molecule has 0 aromatic heterocycles. The van der Waals surface area contributed by atoms with E-state index in [1.54, 1.807) is 14.2 Å². The summed E-state index contributed by atoms with van der Waals surface area (Å²) >= 11 is 2.33. The molecule has 1 aliphatic rings. The summed E-state index contributed by atoms with van der Waals surface area (Å²) in [6, 6.07) is 17.0. The molecule has 1 aliphatic carbocycles. The fraction of sp³-hybridized carbons (Fsp3) is 0.448. The van der Waals surface area contributed by atoms with Crippen LogP contribution in [-0.2, 0) is 30.1 Å². The standard InChI is InChI=1S/C29H33IO4/c1-4-5-6-7-8-9-24-10-12-25(13-11-24)28(33-22-31-2)18-20-29(21-19-28,34-23-32-3)26-14-16-27(30)17-15-26/h1,10-17H,5-7,18-23H2,2-3H3. The van der Waals surface area contributed by atoms with Crippen LogP contribution in [0.2, 0.25) is 0 Å². The van der Waals surface area contributed by atoms with Crippen LogP contribution in [0.25, 0.3) is 0 Å². The Hall–Kier alpha value is -1.87. The molecular formula is C29H33IO4. The summed E-state index contributed by atoms with van der Waals surface area (Å²) in [5, 5.41) is 0. The molecule has 0 heterocycles. The van der Waals surface area contributed by atoms with Crippen molar-refractivity contribution in [3.8, 4) is 24.2 Å². The fourth-order valence-electron chi connectivity index (χ4n) is 4.49. The third kappa shape index (κ3) is 6.84. The lowest BCUT2D eigenvalue weighted by atomic mass is 9.70. The van der Waals surface area contributed by atoms with Crippen molar-refractivity contribution in [1.29, 1.82) is 0 Å². The molecule has 2 aromatic rings. The molecule has 0 bridgehead atoms. The Bertz CT molecular complexity index is 988. The topological polar surface area (TPSA) is 36.9 Å². The lowest BCUT2D eigenvalue weighted by Gasteiger charge is -2.46. The lowest BCUT2D eigenvalue weighted by Crippen LogP contribution is -2.43. The number of methoxy groups -OCH3 is 2. The summed E-state index contributed by atoms with van der Waals surface area (Å²) in [6.45, 7) is 0.499. The molecule has 0 aliphatic heterocycles. The minimum absolute atomic E-state index is 0.242. The van der Waals surface area contributed by atoms with E-state index in [0.29, 0.717) is 0 Å².